The highest BCUT2D eigenvalue weighted by atomic mass is 16.5. The number of rotatable bonds is 9. The first kappa shape index (κ1) is 25.6. The Kier molecular flexibility index (Phi) is 7.67. The van der Waals surface area contributed by atoms with Crippen molar-refractivity contribution in [3.63, 3.8) is 0 Å². The Labute approximate surface area is 215 Å². The van der Waals surface area contributed by atoms with Crippen LogP contribution < -0.4 is 14.2 Å². The van der Waals surface area contributed by atoms with Crippen LogP contribution in [0.2, 0.25) is 0 Å². The SMILES string of the molecule is CCOc1cccc(/C(O)=C2/C(=O)C(=O)N(Cc3ccccc3OC)C2c2ccc(O)c(OCC)c2)c1. The molecule has 1 saturated heterocycles. The minimum absolute atomic E-state index is 0.0554. The number of ketones is 1. The Morgan fingerprint density at radius 1 is 0.919 bits per heavy atom. The van der Waals surface area contributed by atoms with Crippen LogP contribution in [0.15, 0.2) is 72.3 Å². The number of phenols is 1. The zero-order valence-corrected chi connectivity index (χ0v) is 20.9. The summed E-state index contributed by atoms with van der Waals surface area (Å²) in [6.07, 6.45) is 0. The van der Waals surface area contributed by atoms with Gasteiger partial charge in [-0.3, -0.25) is 9.59 Å². The third-order valence-corrected chi connectivity index (χ3v) is 6.09. The molecular formula is C29H29NO7. The number of phenolic OH excluding ortho intramolecular Hbond substituents is 1. The highest BCUT2D eigenvalue weighted by molar-refractivity contribution is 6.46. The monoisotopic (exact) mass is 503 g/mol. The van der Waals surface area contributed by atoms with Gasteiger partial charge in [-0.25, -0.2) is 0 Å². The Balaban J connectivity index is 1.89. The number of amides is 1. The number of aromatic hydroxyl groups is 1. The lowest BCUT2D eigenvalue weighted by Crippen LogP contribution is -2.29. The van der Waals surface area contributed by atoms with Crippen LogP contribution >= 0.6 is 0 Å². The van der Waals surface area contributed by atoms with Gasteiger partial charge in [-0.2, -0.15) is 0 Å². The van der Waals surface area contributed by atoms with Gasteiger partial charge >= 0.3 is 0 Å². The number of benzene rings is 3. The van der Waals surface area contributed by atoms with Crippen LogP contribution in [0.3, 0.4) is 0 Å². The third-order valence-electron chi connectivity index (χ3n) is 6.09. The summed E-state index contributed by atoms with van der Waals surface area (Å²) in [5.74, 6) is -0.672. The minimum Gasteiger partial charge on any atom is -0.507 e. The molecule has 1 amide bonds. The van der Waals surface area contributed by atoms with E-state index in [9.17, 15) is 19.8 Å². The van der Waals surface area contributed by atoms with Gasteiger partial charge in [-0.15, -0.1) is 0 Å². The van der Waals surface area contributed by atoms with Gasteiger partial charge in [0.2, 0.25) is 0 Å². The van der Waals surface area contributed by atoms with Crippen molar-refractivity contribution in [2.24, 2.45) is 0 Å². The molecule has 1 heterocycles. The van der Waals surface area contributed by atoms with Crippen LogP contribution in [0.5, 0.6) is 23.0 Å². The molecular weight excluding hydrogens is 474 g/mol. The summed E-state index contributed by atoms with van der Waals surface area (Å²) in [6, 6.07) is 17.6. The summed E-state index contributed by atoms with van der Waals surface area (Å²) in [7, 11) is 1.53. The lowest BCUT2D eigenvalue weighted by Gasteiger charge is -2.26. The lowest BCUT2D eigenvalue weighted by atomic mass is 9.94. The molecule has 0 aromatic heterocycles. The van der Waals surface area contributed by atoms with E-state index in [1.54, 1.807) is 49.4 Å². The van der Waals surface area contributed by atoms with Gasteiger partial charge in [0.05, 0.1) is 38.5 Å². The van der Waals surface area contributed by atoms with Crippen molar-refractivity contribution >= 4 is 17.4 Å². The summed E-state index contributed by atoms with van der Waals surface area (Å²) < 4.78 is 16.6. The standard InChI is InChI=1S/C29H29NO7/c1-4-36-21-11-8-10-19(15-21)27(32)25-26(18-13-14-22(31)24(16-18)37-5-2)30(29(34)28(25)33)17-20-9-6-7-12-23(20)35-3/h6-16,26,31-32H,4-5,17H2,1-3H3/b27-25-. The second kappa shape index (κ2) is 11.1. The number of para-hydroxylation sites is 1. The first-order chi connectivity index (χ1) is 17.9. The van der Waals surface area contributed by atoms with Gasteiger partial charge in [0.25, 0.3) is 11.7 Å². The maximum Gasteiger partial charge on any atom is 0.295 e. The largest absolute Gasteiger partial charge is 0.507 e. The zero-order valence-electron chi connectivity index (χ0n) is 20.9. The van der Waals surface area contributed by atoms with E-state index in [0.717, 1.165) is 0 Å². The number of methoxy groups -OCH3 is 1. The molecule has 3 aromatic rings. The van der Waals surface area contributed by atoms with E-state index in [-0.39, 0.29) is 29.4 Å². The fraction of sp³-hybridized carbons (Fsp3) is 0.241. The Hall–Kier alpha value is -4.46. The molecule has 37 heavy (non-hydrogen) atoms. The van der Waals surface area contributed by atoms with Gasteiger partial charge in [0, 0.05) is 11.1 Å². The molecule has 0 radical (unpaired) electrons. The van der Waals surface area contributed by atoms with Crippen molar-refractivity contribution in [3.8, 4) is 23.0 Å². The number of Topliss-reactive ketones (excluding diaryl/α,β-unsaturated/α-hetero) is 1. The van der Waals surface area contributed by atoms with Crippen LogP contribution in [-0.4, -0.2) is 47.1 Å². The van der Waals surface area contributed by atoms with E-state index < -0.39 is 17.7 Å². The van der Waals surface area contributed by atoms with Gasteiger partial charge < -0.3 is 29.3 Å². The van der Waals surface area contributed by atoms with E-state index >= 15 is 0 Å². The van der Waals surface area contributed by atoms with Crippen LogP contribution in [0, 0.1) is 0 Å². The number of aliphatic hydroxyl groups is 1. The van der Waals surface area contributed by atoms with Crippen molar-refractivity contribution in [1.29, 1.82) is 0 Å². The predicted molar refractivity (Wildman–Crippen MR) is 138 cm³/mol. The number of hydrogen-bond donors (Lipinski definition) is 2. The maximum absolute atomic E-state index is 13.4. The van der Waals surface area contributed by atoms with Crippen LogP contribution in [0.4, 0.5) is 0 Å². The summed E-state index contributed by atoms with van der Waals surface area (Å²) in [6.45, 7) is 4.42. The van der Waals surface area contributed by atoms with Crippen molar-refractivity contribution in [2.75, 3.05) is 20.3 Å². The lowest BCUT2D eigenvalue weighted by molar-refractivity contribution is -0.140. The second-order valence-electron chi connectivity index (χ2n) is 8.36. The Morgan fingerprint density at radius 3 is 2.41 bits per heavy atom. The van der Waals surface area contributed by atoms with Crippen molar-refractivity contribution in [1.82, 2.24) is 4.90 Å². The van der Waals surface area contributed by atoms with Gasteiger partial charge in [-0.1, -0.05) is 36.4 Å². The number of aliphatic hydroxyl groups excluding tert-OH is 1. The fourth-order valence-corrected chi connectivity index (χ4v) is 4.43. The Morgan fingerprint density at radius 2 is 1.68 bits per heavy atom. The van der Waals surface area contributed by atoms with E-state index in [1.165, 1.54) is 18.1 Å². The normalized spacial score (nSPS) is 16.6. The minimum atomic E-state index is -0.944. The summed E-state index contributed by atoms with van der Waals surface area (Å²) in [5.41, 5.74) is 1.47. The molecule has 1 unspecified atom stereocenters. The zero-order chi connectivity index (χ0) is 26.5. The quantitative estimate of drug-likeness (QED) is 0.245. The average molecular weight is 504 g/mol. The molecule has 1 aliphatic rings. The molecule has 0 aliphatic carbocycles. The first-order valence-corrected chi connectivity index (χ1v) is 12.0. The number of ether oxygens (including phenoxy) is 3. The third kappa shape index (κ3) is 5.09. The molecule has 3 aromatic carbocycles. The number of carbonyl (C=O) groups is 2. The topological polar surface area (TPSA) is 106 Å². The van der Waals surface area contributed by atoms with Crippen LogP contribution in [0.25, 0.3) is 5.76 Å². The first-order valence-electron chi connectivity index (χ1n) is 12.0. The molecule has 1 aliphatic heterocycles. The Bertz CT molecular complexity index is 1350. The molecule has 8 nitrogen and oxygen atoms in total. The van der Waals surface area contributed by atoms with E-state index in [4.69, 9.17) is 14.2 Å². The molecule has 2 N–H and O–H groups in total. The van der Waals surface area contributed by atoms with Crippen molar-refractivity contribution < 1.29 is 34.0 Å². The van der Waals surface area contributed by atoms with Crippen LogP contribution in [0.1, 0.15) is 36.6 Å². The number of nitrogens with zero attached hydrogens (tertiary/aromatic N) is 1. The van der Waals surface area contributed by atoms with Crippen molar-refractivity contribution in [2.45, 2.75) is 26.4 Å². The molecule has 0 bridgehead atoms. The van der Waals surface area contributed by atoms with E-state index in [1.807, 2.05) is 25.1 Å². The van der Waals surface area contributed by atoms with E-state index in [0.29, 0.717) is 41.4 Å². The number of carbonyl (C=O) groups excluding carboxylic acids is 2. The summed E-state index contributed by atoms with van der Waals surface area (Å²) >= 11 is 0. The summed E-state index contributed by atoms with van der Waals surface area (Å²) in [5, 5.41) is 21.6. The summed E-state index contributed by atoms with van der Waals surface area (Å²) in [4.78, 5) is 28.2. The maximum atomic E-state index is 13.4. The van der Waals surface area contributed by atoms with Crippen LogP contribution in [-0.2, 0) is 16.1 Å². The highest BCUT2D eigenvalue weighted by Crippen LogP contribution is 2.43. The molecule has 192 valence electrons. The number of hydrogen-bond acceptors (Lipinski definition) is 7. The molecule has 1 atom stereocenters. The molecule has 0 spiro atoms. The molecule has 8 heteroatoms. The van der Waals surface area contributed by atoms with Gasteiger partial charge in [0.15, 0.2) is 11.5 Å². The second-order valence-corrected chi connectivity index (χ2v) is 8.36. The molecule has 0 saturated carbocycles. The van der Waals surface area contributed by atoms with E-state index in [2.05, 4.69) is 0 Å². The smallest absolute Gasteiger partial charge is 0.295 e. The average Bonchev–Trinajstić information content (AvgIpc) is 3.15. The fourth-order valence-electron chi connectivity index (χ4n) is 4.43. The molecule has 4 rings (SSSR count). The highest BCUT2D eigenvalue weighted by Gasteiger charge is 2.46. The van der Waals surface area contributed by atoms with Gasteiger partial charge in [0.1, 0.15) is 17.3 Å². The van der Waals surface area contributed by atoms with Gasteiger partial charge in [-0.05, 0) is 49.7 Å². The van der Waals surface area contributed by atoms with Crippen molar-refractivity contribution in [3.05, 3.63) is 89.0 Å². The number of likely N-dealkylation sites (tertiary alicyclic amines) is 1. The molecule has 1 fully saturated rings. The predicted octanol–water partition coefficient (Wildman–Crippen LogP) is 4.82.